The highest BCUT2D eigenvalue weighted by Gasteiger charge is 2.24. The molecule has 1 aliphatic heterocycles. The molecule has 0 radical (unpaired) electrons. The van der Waals surface area contributed by atoms with Gasteiger partial charge in [0.25, 0.3) is 0 Å². The molecular weight excluding hydrogens is 372 g/mol. The molecule has 3 rings (SSSR count). The number of piperidine rings is 1. The fourth-order valence-electron chi connectivity index (χ4n) is 3.30. The molecule has 9 nitrogen and oxygen atoms in total. The van der Waals surface area contributed by atoms with E-state index in [0.717, 1.165) is 12.8 Å². The van der Waals surface area contributed by atoms with Gasteiger partial charge >= 0.3 is 6.03 Å². The van der Waals surface area contributed by atoms with Crippen LogP contribution in [0.3, 0.4) is 0 Å². The first kappa shape index (κ1) is 20.4. The van der Waals surface area contributed by atoms with E-state index in [1.165, 1.54) is 13.3 Å². The first-order valence-corrected chi connectivity index (χ1v) is 9.43. The van der Waals surface area contributed by atoms with Crippen LogP contribution in [0.25, 0.3) is 0 Å². The van der Waals surface area contributed by atoms with Gasteiger partial charge in [0.15, 0.2) is 0 Å². The predicted octanol–water partition coefficient (Wildman–Crippen LogP) is 1.86. The van der Waals surface area contributed by atoms with E-state index in [-0.39, 0.29) is 29.2 Å². The molecule has 2 aromatic rings. The maximum atomic E-state index is 12.8. The van der Waals surface area contributed by atoms with Crippen molar-refractivity contribution >= 4 is 23.6 Å². The Balaban J connectivity index is 1.66. The second-order valence-electron chi connectivity index (χ2n) is 7.10. The third-order valence-corrected chi connectivity index (χ3v) is 4.90. The van der Waals surface area contributed by atoms with Crippen LogP contribution in [0.4, 0.5) is 16.6 Å². The summed E-state index contributed by atoms with van der Waals surface area (Å²) < 4.78 is 5.25. The molecule has 0 atom stereocenters. The Kier molecular flexibility index (Phi) is 6.16. The molecule has 0 bridgehead atoms. The van der Waals surface area contributed by atoms with Gasteiger partial charge in [-0.3, -0.25) is 4.79 Å². The van der Waals surface area contributed by atoms with Gasteiger partial charge in [-0.05, 0) is 25.0 Å². The van der Waals surface area contributed by atoms with E-state index in [2.05, 4.69) is 15.3 Å². The van der Waals surface area contributed by atoms with Gasteiger partial charge in [0.1, 0.15) is 11.6 Å². The van der Waals surface area contributed by atoms with Gasteiger partial charge in [-0.25, -0.2) is 9.78 Å². The summed E-state index contributed by atoms with van der Waals surface area (Å²) in [6.45, 7) is 1.32. The summed E-state index contributed by atoms with van der Waals surface area (Å²) in [5, 5.41) is 3.25. The van der Waals surface area contributed by atoms with Crippen molar-refractivity contribution in [2.24, 2.45) is 0 Å². The van der Waals surface area contributed by atoms with Gasteiger partial charge in [-0.1, -0.05) is 12.1 Å². The van der Waals surface area contributed by atoms with Crippen molar-refractivity contribution in [3.63, 3.8) is 0 Å². The molecule has 2 amide bonds. The van der Waals surface area contributed by atoms with Crippen LogP contribution in [0.15, 0.2) is 30.5 Å². The first-order chi connectivity index (χ1) is 13.9. The number of nitrogens with zero attached hydrogens (tertiary/aromatic N) is 4. The number of rotatable bonds is 5. The van der Waals surface area contributed by atoms with Crippen LogP contribution in [-0.2, 0) is 0 Å². The summed E-state index contributed by atoms with van der Waals surface area (Å²) in [7, 11) is 5.00. The second kappa shape index (κ2) is 8.76. The summed E-state index contributed by atoms with van der Waals surface area (Å²) in [5.74, 6) is 0.662. The van der Waals surface area contributed by atoms with E-state index in [1.807, 2.05) is 4.90 Å². The number of hydrogen-bond acceptors (Lipinski definition) is 7. The number of amides is 2. The van der Waals surface area contributed by atoms with Gasteiger partial charge in [-0.2, -0.15) is 4.98 Å². The number of nitrogens with two attached hydrogens (primary N) is 1. The van der Waals surface area contributed by atoms with Crippen LogP contribution < -0.4 is 15.8 Å². The Morgan fingerprint density at radius 2 is 1.90 bits per heavy atom. The van der Waals surface area contributed by atoms with Gasteiger partial charge in [0.2, 0.25) is 11.7 Å². The lowest BCUT2D eigenvalue weighted by molar-refractivity contribution is 0.103. The Morgan fingerprint density at radius 3 is 2.52 bits per heavy atom. The lowest BCUT2D eigenvalue weighted by Crippen LogP contribution is -2.46. The van der Waals surface area contributed by atoms with Crippen LogP contribution in [0, 0.1) is 0 Å². The van der Waals surface area contributed by atoms with E-state index in [9.17, 15) is 9.59 Å². The topological polar surface area (TPSA) is 114 Å². The van der Waals surface area contributed by atoms with Crippen LogP contribution in [0.5, 0.6) is 5.75 Å². The minimum absolute atomic E-state index is 0.0168. The number of likely N-dealkylation sites (tertiary alicyclic amines) is 1. The molecule has 1 saturated heterocycles. The lowest BCUT2D eigenvalue weighted by atomic mass is 10.0. The van der Waals surface area contributed by atoms with E-state index < -0.39 is 0 Å². The SMILES string of the molecule is COc1ccccc1C(=O)c1cnc(NC2CCN(C(=O)N(C)C)CC2)nc1N. The number of methoxy groups -OCH3 is 1. The van der Waals surface area contributed by atoms with E-state index in [1.54, 1.807) is 43.3 Å². The number of anilines is 2. The third-order valence-electron chi connectivity index (χ3n) is 4.90. The number of aromatic nitrogens is 2. The molecule has 29 heavy (non-hydrogen) atoms. The highest BCUT2D eigenvalue weighted by molar-refractivity contribution is 6.13. The fourth-order valence-corrected chi connectivity index (χ4v) is 3.30. The number of ether oxygens (including phenoxy) is 1. The molecule has 154 valence electrons. The number of urea groups is 1. The van der Waals surface area contributed by atoms with Crippen LogP contribution in [0.2, 0.25) is 0 Å². The van der Waals surface area contributed by atoms with Crippen molar-refractivity contribution in [2.75, 3.05) is 45.3 Å². The molecule has 2 heterocycles. The maximum absolute atomic E-state index is 12.8. The molecule has 0 aliphatic carbocycles. The smallest absolute Gasteiger partial charge is 0.319 e. The number of ketones is 1. The molecule has 0 saturated carbocycles. The van der Waals surface area contributed by atoms with Crippen molar-refractivity contribution in [2.45, 2.75) is 18.9 Å². The average Bonchev–Trinajstić information content (AvgIpc) is 2.73. The summed E-state index contributed by atoms with van der Waals surface area (Å²) in [4.78, 5) is 36.7. The summed E-state index contributed by atoms with van der Waals surface area (Å²) in [6.07, 6.45) is 3.00. The summed E-state index contributed by atoms with van der Waals surface area (Å²) >= 11 is 0. The zero-order valence-electron chi connectivity index (χ0n) is 16.9. The molecular formula is C20H26N6O3. The number of hydrogen-bond donors (Lipinski definition) is 2. The zero-order valence-corrected chi connectivity index (χ0v) is 16.9. The minimum Gasteiger partial charge on any atom is -0.496 e. The molecule has 9 heteroatoms. The minimum atomic E-state index is -0.290. The fraction of sp³-hybridized carbons (Fsp3) is 0.400. The number of para-hydroxylation sites is 1. The Bertz CT molecular complexity index is 894. The van der Waals surface area contributed by atoms with Crippen LogP contribution in [0.1, 0.15) is 28.8 Å². The first-order valence-electron chi connectivity index (χ1n) is 9.43. The standard InChI is InChI=1S/C20H26N6O3/c1-25(2)20(28)26-10-8-13(9-11-26)23-19-22-12-15(18(21)24-19)17(27)14-6-4-5-7-16(14)29-3/h4-7,12-13H,8-11H2,1-3H3,(H3,21,22,23,24). The molecule has 1 aromatic carbocycles. The molecule has 0 spiro atoms. The van der Waals surface area contributed by atoms with Crippen LogP contribution >= 0.6 is 0 Å². The number of carbonyl (C=O) groups excluding carboxylic acids is 2. The quantitative estimate of drug-likeness (QED) is 0.739. The molecule has 1 aliphatic rings. The van der Waals surface area contributed by atoms with Crippen molar-refractivity contribution in [3.05, 3.63) is 41.6 Å². The van der Waals surface area contributed by atoms with E-state index in [0.29, 0.717) is 30.4 Å². The van der Waals surface area contributed by atoms with Gasteiger partial charge in [0.05, 0.1) is 18.2 Å². The Morgan fingerprint density at radius 1 is 1.21 bits per heavy atom. The van der Waals surface area contributed by atoms with Crippen molar-refractivity contribution in [1.29, 1.82) is 0 Å². The summed E-state index contributed by atoms with van der Waals surface area (Å²) in [5.41, 5.74) is 6.67. The number of nitrogens with one attached hydrogen (secondary N) is 1. The molecule has 1 fully saturated rings. The predicted molar refractivity (Wildman–Crippen MR) is 110 cm³/mol. The van der Waals surface area contributed by atoms with Crippen molar-refractivity contribution in [3.8, 4) is 5.75 Å². The molecule has 0 unspecified atom stereocenters. The molecule has 3 N–H and O–H groups in total. The van der Waals surface area contributed by atoms with Gasteiger partial charge < -0.3 is 25.6 Å². The van der Waals surface area contributed by atoms with Gasteiger partial charge in [0, 0.05) is 39.4 Å². The van der Waals surface area contributed by atoms with Crippen LogP contribution in [-0.4, -0.2) is 71.9 Å². The normalized spacial score (nSPS) is 14.4. The average molecular weight is 398 g/mol. The van der Waals surface area contributed by atoms with Crippen molar-refractivity contribution < 1.29 is 14.3 Å². The lowest BCUT2D eigenvalue weighted by Gasteiger charge is -2.33. The summed E-state index contributed by atoms with van der Waals surface area (Å²) in [6, 6.07) is 7.10. The maximum Gasteiger partial charge on any atom is 0.319 e. The Labute approximate surface area is 169 Å². The van der Waals surface area contributed by atoms with E-state index >= 15 is 0 Å². The highest BCUT2D eigenvalue weighted by Crippen LogP contribution is 2.24. The zero-order chi connectivity index (χ0) is 21.0. The number of carbonyl (C=O) groups is 2. The van der Waals surface area contributed by atoms with Crippen molar-refractivity contribution in [1.82, 2.24) is 19.8 Å². The third kappa shape index (κ3) is 4.56. The number of nitrogen functional groups attached to an aromatic ring is 1. The largest absolute Gasteiger partial charge is 0.496 e. The highest BCUT2D eigenvalue weighted by atomic mass is 16.5. The van der Waals surface area contributed by atoms with E-state index in [4.69, 9.17) is 10.5 Å². The van der Waals surface area contributed by atoms with Gasteiger partial charge in [-0.15, -0.1) is 0 Å². The number of benzene rings is 1. The Hall–Kier alpha value is -3.36. The second-order valence-corrected chi connectivity index (χ2v) is 7.10. The monoisotopic (exact) mass is 398 g/mol. The molecule has 1 aromatic heterocycles.